The standard InChI is InChI=1S/C27H28ClN3O/c1-16-22-14-31(15-23(16)22)26(32)18-5-6-21(24(28)10-18)20-9-19(12-29-13-20)17-7-8-30-25(11-17)27(2,3)4/h5-13,16,22-23H,14-15H2,1-4H3. The molecule has 1 saturated heterocycles. The van der Waals surface area contributed by atoms with Crippen molar-refractivity contribution in [3.63, 3.8) is 0 Å². The first-order chi connectivity index (χ1) is 15.2. The smallest absolute Gasteiger partial charge is 0.253 e. The van der Waals surface area contributed by atoms with Crippen molar-refractivity contribution in [3.05, 3.63) is 71.3 Å². The highest BCUT2D eigenvalue weighted by Gasteiger charge is 2.53. The Hall–Kier alpha value is -2.72. The van der Waals surface area contributed by atoms with Crippen molar-refractivity contribution in [1.82, 2.24) is 14.9 Å². The van der Waals surface area contributed by atoms with Crippen molar-refractivity contribution in [2.75, 3.05) is 13.1 Å². The second kappa shape index (κ2) is 7.70. The zero-order valence-corrected chi connectivity index (χ0v) is 19.7. The highest BCUT2D eigenvalue weighted by molar-refractivity contribution is 6.33. The van der Waals surface area contributed by atoms with Gasteiger partial charge in [0.25, 0.3) is 5.91 Å². The summed E-state index contributed by atoms with van der Waals surface area (Å²) in [6.45, 7) is 10.5. The SMILES string of the molecule is CC1C2CN(C(=O)c3ccc(-c4cncc(-c5ccnc(C(C)(C)C)c5)c4)c(Cl)c3)CC12. The lowest BCUT2D eigenvalue weighted by molar-refractivity contribution is 0.0769. The van der Waals surface area contributed by atoms with Crippen LogP contribution in [0.3, 0.4) is 0 Å². The minimum atomic E-state index is -0.0272. The fraction of sp³-hybridized carbons (Fsp3) is 0.370. The van der Waals surface area contributed by atoms with Gasteiger partial charge in [0.2, 0.25) is 0 Å². The van der Waals surface area contributed by atoms with Gasteiger partial charge in [0, 0.05) is 70.1 Å². The van der Waals surface area contributed by atoms with Crippen molar-refractivity contribution >= 4 is 17.5 Å². The molecule has 1 saturated carbocycles. The lowest BCUT2D eigenvalue weighted by Crippen LogP contribution is -2.31. The predicted octanol–water partition coefficient (Wildman–Crippen LogP) is 6.10. The lowest BCUT2D eigenvalue weighted by atomic mass is 9.90. The maximum Gasteiger partial charge on any atom is 0.253 e. The van der Waals surface area contributed by atoms with E-state index in [2.05, 4.69) is 49.8 Å². The third-order valence-electron chi connectivity index (χ3n) is 7.04. The molecule has 5 heteroatoms. The Morgan fingerprint density at radius 2 is 1.72 bits per heavy atom. The number of pyridine rings is 2. The molecule has 0 N–H and O–H groups in total. The van der Waals surface area contributed by atoms with Crippen LogP contribution in [0.4, 0.5) is 0 Å². The number of fused-ring (bicyclic) bond motifs is 1. The third-order valence-corrected chi connectivity index (χ3v) is 7.35. The maximum atomic E-state index is 12.9. The summed E-state index contributed by atoms with van der Waals surface area (Å²) in [6.07, 6.45) is 5.52. The first-order valence-electron chi connectivity index (χ1n) is 11.2. The largest absolute Gasteiger partial charge is 0.338 e. The molecule has 2 aromatic heterocycles. The molecule has 2 aliphatic rings. The van der Waals surface area contributed by atoms with Crippen LogP contribution < -0.4 is 0 Å². The molecule has 1 aromatic carbocycles. The van der Waals surface area contributed by atoms with Crippen molar-refractivity contribution in [2.45, 2.75) is 33.1 Å². The number of hydrogen-bond acceptors (Lipinski definition) is 3. The molecule has 0 bridgehead atoms. The summed E-state index contributed by atoms with van der Waals surface area (Å²) < 4.78 is 0. The summed E-state index contributed by atoms with van der Waals surface area (Å²) in [5.41, 5.74) is 5.55. The zero-order valence-electron chi connectivity index (χ0n) is 19.0. The van der Waals surface area contributed by atoms with Gasteiger partial charge in [-0.15, -0.1) is 0 Å². The van der Waals surface area contributed by atoms with Gasteiger partial charge in [-0.2, -0.15) is 0 Å². The van der Waals surface area contributed by atoms with E-state index in [1.807, 2.05) is 41.7 Å². The van der Waals surface area contributed by atoms with E-state index in [0.29, 0.717) is 22.4 Å². The number of nitrogens with zero attached hydrogens (tertiary/aromatic N) is 3. The molecule has 2 fully saturated rings. The van der Waals surface area contributed by atoms with E-state index in [-0.39, 0.29) is 11.3 Å². The number of piperidine rings is 1. The third kappa shape index (κ3) is 3.81. The van der Waals surface area contributed by atoms with Gasteiger partial charge in [-0.3, -0.25) is 14.8 Å². The summed E-state index contributed by atoms with van der Waals surface area (Å²) in [5, 5.41) is 0.567. The molecule has 2 atom stereocenters. The quantitative estimate of drug-likeness (QED) is 0.489. The van der Waals surface area contributed by atoms with E-state index >= 15 is 0 Å². The number of likely N-dealkylation sites (tertiary alicyclic amines) is 1. The topological polar surface area (TPSA) is 46.1 Å². The van der Waals surface area contributed by atoms with Crippen LogP contribution in [0, 0.1) is 17.8 Å². The molecule has 1 amide bonds. The van der Waals surface area contributed by atoms with Gasteiger partial charge >= 0.3 is 0 Å². The average molecular weight is 446 g/mol. The Balaban J connectivity index is 1.40. The highest BCUT2D eigenvalue weighted by Crippen LogP contribution is 2.51. The average Bonchev–Trinajstić information content (AvgIpc) is 3.17. The molecule has 164 valence electrons. The molecule has 1 aliphatic carbocycles. The van der Waals surface area contributed by atoms with Crippen LogP contribution in [0.5, 0.6) is 0 Å². The second-order valence-electron chi connectivity index (χ2n) is 10.2. The van der Waals surface area contributed by atoms with E-state index in [4.69, 9.17) is 11.6 Å². The molecule has 4 nitrogen and oxygen atoms in total. The molecular formula is C27H28ClN3O. The first-order valence-corrected chi connectivity index (χ1v) is 11.6. The van der Waals surface area contributed by atoms with E-state index in [9.17, 15) is 4.79 Å². The summed E-state index contributed by atoms with van der Waals surface area (Å²) in [7, 11) is 0. The Labute approximate surface area is 194 Å². The van der Waals surface area contributed by atoms with Crippen molar-refractivity contribution in [2.24, 2.45) is 17.8 Å². The summed E-state index contributed by atoms with van der Waals surface area (Å²) in [4.78, 5) is 23.9. The van der Waals surface area contributed by atoms with E-state index in [1.165, 1.54) is 0 Å². The fourth-order valence-corrected chi connectivity index (χ4v) is 5.11. The number of halogens is 1. The first kappa shape index (κ1) is 21.1. The summed E-state index contributed by atoms with van der Waals surface area (Å²) in [6, 6.07) is 11.8. The Bertz CT molecular complexity index is 1190. The zero-order chi connectivity index (χ0) is 22.6. The second-order valence-corrected chi connectivity index (χ2v) is 10.6. The predicted molar refractivity (Wildman–Crippen MR) is 129 cm³/mol. The van der Waals surface area contributed by atoms with Crippen LogP contribution >= 0.6 is 11.6 Å². The van der Waals surface area contributed by atoms with E-state index < -0.39 is 0 Å². The van der Waals surface area contributed by atoms with Gasteiger partial charge in [0.1, 0.15) is 0 Å². The van der Waals surface area contributed by atoms with Gasteiger partial charge in [-0.25, -0.2) is 0 Å². The fourth-order valence-electron chi connectivity index (χ4n) is 4.82. The molecule has 0 radical (unpaired) electrons. The Morgan fingerprint density at radius 1 is 1.00 bits per heavy atom. The number of aromatic nitrogens is 2. The molecule has 0 spiro atoms. The number of carbonyl (C=O) groups is 1. The van der Waals surface area contributed by atoms with Crippen LogP contribution in [0.2, 0.25) is 5.02 Å². The molecule has 3 aromatic rings. The Morgan fingerprint density at radius 3 is 2.41 bits per heavy atom. The lowest BCUT2D eigenvalue weighted by Gasteiger charge is -2.19. The van der Waals surface area contributed by atoms with Crippen molar-refractivity contribution < 1.29 is 4.79 Å². The number of benzene rings is 1. The molecule has 3 heterocycles. The molecular weight excluding hydrogens is 418 g/mol. The Kier molecular flexibility index (Phi) is 5.09. The van der Waals surface area contributed by atoms with E-state index in [1.54, 1.807) is 6.07 Å². The van der Waals surface area contributed by atoms with Crippen molar-refractivity contribution in [1.29, 1.82) is 0 Å². The monoisotopic (exact) mass is 445 g/mol. The van der Waals surface area contributed by atoms with Gasteiger partial charge in [-0.1, -0.05) is 45.4 Å². The maximum absolute atomic E-state index is 12.9. The van der Waals surface area contributed by atoms with Crippen LogP contribution in [0.1, 0.15) is 43.7 Å². The minimum absolute atomic E-state index is 0.0272. The molecule has 1 aliphatic heterocycles. The molecule has 5 rings (SSSR count). The number of hydrogen-bond donors (Lipinski definition) is 0. The highest BCUT2D eigenvalue weighted by atomic mass is 35.5. The van der Waals surface area contributed by atoms with Gasteiger partial charge in [0.05, 0.1) is 0 Å². The number of rotatable bonds is 3. The van der Waals surface area contributed by atoms with Gasteiger partial charge in [-0.05, 0) is 53.6 Å². The van der Waals surface area contributed by atoms with E-state index in [0.717, 1.165) is 47.0 Å². The van der Waals surface area contributed by atoms with Gasteiger partial charge < -0.3 is 4.90 Å². The van der Waals surface area contributed by atoms with Crippen LogP contribution in [0.25, 0.3) is 22.3 Å². The van der Waals surface area contributed by atoms with Crippen molar-refractivity contribution in [3.8, 4) is 22.3 Å². The minimum Gasteiger partial charge on any atom is -0.338 e. The van der Waals surface area contributed by atoms with Crippen LogP contribution in [0.15, 0.2) is 55.0 Å². The van der Waals surface area contributed by atoms with Crippen LogP contribution in [-0.2, 0) is 5.41 Å². The normalized spacial score (nSPS) is 22.0. The number of amides is 1. The summed E-state index contributed by atoms with van der Waals surface area (Å²) in [5.74, 6) is 2.23. The van der Waals surface area contributed by atoms with Crippen LogP contribution in [-0.4, -0.2) is 33.9 Å². The summed E-state index contributed by atoms with van der Waals surface area (Å²) >= 11 is 6.65. The number of carbonyl (C=O) groups excluding carboxylic acids is 1. The molecule has 2 unspecified atom stereocenters. The molecule has 32 heavy (non-hydrogen) atoms. The van der Waals surface area contributed by atoms with Gasteiger partial charge in [0.15, 0.2) is 0 Å².